The summed E-state index contributed by atoms with van der Waals surface area (Å²) >= 11 is 19.3. The van der Waals surface area contributed by atoms with E-state index in [2.05, 4.69) is 19.1 Å². The van der Waals surface area contributed by atoms with Crippen LogP contribution in [0.25, 0.3) is 0 Å². The Morgan fingerprint density at radius 2 is 1.51 bits per heavy atom. The lowest BCUT2D eigenvalue weighted by molar-refractivity contribution is 0.203. The molecule has 6 nitrogen and oxygen atoms in total. The van der Waals surface area contributed by atoms with Crippen LogP contribution in [0.4, 0.5) is 10.5 Å². The molecule has 0 saturated carbocycles. The van der Waals surface area contributed by atoms with Gasteiger partial charge in [-0.05, 0) is 49.8 Å². The standard InChI is InChI=1S/C25H33Cl3N2O4S/c1-3-4-9-19-10-12-20(13-11-19)18-30(25(29)31,24-22(27)16-21(26)17-23(24)28)14-7-5-6-8-15-34-35(2,32)33/h10-13,16-17H,3-9,14-15,18H2,1-2H3,(H-,29,31)/p+1. The molecule has 0 spiro atoms. The second-order valence-electron chi connectivity index (χ2n) is 8.77. The largest absolute Gasteiger partial charge is 0.419 e. The Morgan fingerprint density at radius 3 is 2.06 bits per heavy atom. The fourth-order valence-electron chi connectivity index (χ4n) is 4.06. The number of nitrogens with zero attached hydrogens (tertiary/aromatic N) is 1. The SMILES string of the molecule is CCCCc1ccc(C[N+](CCCCCCOS(C)(=O)=O)(C(N)=O)c2c(Cl)cc(Cl)cc2Cl)cc1. The number of primary amides is 1. The molecule has 194 valence electrons. The third kappa shape index (κ3) is 9.23. The van der Waals surface area contributed by atoms with Crippen molar-refractivity contribution in [3.8, 4) is 0 Å². The highest BCUT2D eigenvalue weighted by Gasteiger charge is 2.41. The number of amides is 2. The maximum atomic E-state index is 13.1. The zero-order chi connectivity index (χ0) is 26.1. The lowest BCUT2D eigenvalue weighted by Gasteiger charge is -2.35. The van der Waals surface area contributed by atoms with E-state index in [0.717, 1.165) is 43.9 Å². The highest BCUT2D eigenvalue weighted by atomic mass is 35.5. The van der Waals surface area contributed by atoms with Gasteiger partial charge in [0, 0.05) is 10.6 Å². The minimum atomic E-state index is -3.45. The number of halogens is 3. The van der Waals surface area contributed by atoms with Gasteiger partial charge in [-0.15, -0.1) is 0 Å². The summed E-state index contributed by atoms with van der Waals surface area (Å²) in [6.45, 7) is 2.96. The van der Waals surface area contributed by atoms with E-state index >= 15 is 0 Å². The third-order valence-electron chi connectivity index (χ3n) is 5.86. The van der Waals surface area contributed by atoms with Gasteiger partial charge in [0.05, 0.1) is 19.4 Å². The molecule has 2 N–H and O–H groups in total. The quantitative estimate of drug-likeness (QED) is 0.150. The average molecular weight is 565 g/mol. The van der Waals surface area contributed by atoms with Gasteiger partial charge < -0.3 is 5.73 Å². The first-order valence-corrected chi connectivity index (χ1v) is 14.7. The van der Waals surface area contributed by atoms with E-state index in [-0.39, 0.29) is 21.1 Å². The number of urea groups is 1. The van der Waals surface area contributed by atoms with E-state index in [4.69, 9.17) is 44.7 Å². The molecule has 0 aliphatic carbocycles. The molecule has 0 aromatic heterocycles. The van der Waals surface area contributed by atoms with Crippen LogP contribution in [0.15, 0.2) is 36.4 Å². The predicted molar refractivity (Wildman–Crippen MR) is 146 cm³/mol. The van der Waals surface area contributed by atoms with E-state index < -0.39 is 16.1 Å². The van der Waals surface area contributed by atoms with Gasteiger partial charge in [0.15, 0.2) is 5.69 Å². The number of hydrogen-bond donors (Lipinski definition) is 1. The maximum absolute atomic E-state index is 13.1. The first-order chi connectivity index (χ1) is 16.5. The number of rotatable bonds is 14. The van der Waals surface area contributed by atoms with E-state index in [9.17, 15) is 13.2 Å². The van der Waals surface area contributed by atoms with Crippen molar-refractivity contribution < 1.29 is 17.4 Å². The molecule has 0 aliphatic heterocycles. The molecule has 35 heavy (non-hydrogen) atoms. The van der Waals surface area contributed by atoms with Crippen LogP contribution < -0.4 is 10.2 Å². The maximum Gasteiger partial charge on any atom is 0.419 e. The van der Waals surface area contributed by atoms with E-state index in [0.29, 0.717) is 36.6 Å². The van der Waals surface area contributed by atoms with Crippen LogP contribution in [-0.4, -0.2) is 33.9 Å². The lowest BCUT2D eigenvalue weighted by Crippen LogP contribution is -2.57. The summed E-state index contributed by atoms with van der Waals surface area (Å²) in [6, 6.07) is 10.8. The van der Waals surface area contributed by atoms with Crippen molar-refractivity contribution in [1.82, 2.24) is 4.48 Å². The van der Waals surface area contributed by atoms with Crippen LogP contribution >= 0.6 is 34.8 Å². The van der Waals surface area contributed by atoms with Gasteiger partial charge in [0.2, 0.25) is 0 Å². The fraction of sp³-hybridized carbons (Fsp3) is 0.480. The summed E-state index contributed by atoms with van der Waals surface area (Å²) in [6.07, 6.45) is 6.99. The van der Waals surface area contributed by atoms with Crippen molar-refractivity contribution in [2.45, 2.75) is 58.4 Å². The van der Waals surface area contributed by atoms with Crippen molar-refractivity contribution in [2.24, 2.45) is 5.73 Å². The van der Waals surface area contributed by atoms with Crippen LogP contribution in [0.5, 0.6) is 0 Å². The normalized spacial score (nSPS) is 13.5. The zero-order valence-corrected chi connectivity index (χ0v) is 23.3. The molecule has 0 fully saturated rings. The number of aryl methyl sites for hydroxylation is 1. The van der Waals surface area contributed by atoms with Crippen molar-refractivity contribution in [3.05, 3.63) is 62.6 Å². The molecule has 1 unspecified atom stereocenters. The highest BCUT2D eigenvalue weighted by molar-refractivity contribution is 7.85. The van der Waals surface area contributed by atoms with E-state index in [1.807, 2.05) is 12.1 Å². The van der Waals surface area contributed by atoms with Gasteiger partial charge in [-0.25, -0.2) is 9.28 Å². The summed E-state index contributed by atoms with van der Waals surface area (Å²) in [5.41, 5.74) is 8.64. The smallest absolute Gasteiger partial charge is 0.319 e. The Bertz CT molecular complexity index is 1070. The number of quaternary nitrogens is 1. The summed E-state index contributed by atoms with van der Waals surface area (Å²) < 4.78 is 26.8. The molecule has 2 amide bonds. The van der Waals surface area contributed by atoms with E-state index in [1.54, 1.807) is 12.1 Å². The van der Waals surface area contributed by atoms with Gasteiger partial charge >= 0.3 is 6.03 Å². The molecule has 0 bridgehead atoms. The van der Waals surface area contributed by atoms with Crippen LogP contribution in [0.2, 0.25) is 15.1 Å². The molecule has 0 saturated heterocycles. The molecular weight excluding hydrogens is 531 g/mol. The van der Waals surface area contributed by atoms with Crippen molar-refractivity contribution >= 4 is 56.6 Å². The first kappa shape index (κ1) is 29.9. The molecule has 2 rings (SSSR count). The zero-order valence-electron chi connectivity index (χ0n) is 20.2. The second kappa shape index (κ2) is 13.8. The minimum Gasteiger partial charge on any atom is -0.319 e. The number of hydrogen-bond acceptors (Lipinski definition) is 4. The number of carbonyl (C=O) groups is 1. The molecule has 2 aromatic carbocycles. The first-order valence-electron chi connectivity index (χ1n) is 11.7. The third-order valence-corrected chi connectivity index (χ3v) is 7.25. The van der Waals surface area contributed by atoms with Gasteiger partial charge in [-0.1, -0.05) is 78.8 Å². The van der Waals surface area contributed by atoms with Crippen molar-refractivity contribution in [2.75, 3.05) is 19.4 Å². The molecule has 0 aliphatic rings. The lowest BCUT2D eigenvalue weighted by atomic mass is 10.0. The van der Waals surface area contributed by atoms with Crippen LogP contribution in [0.3, 0.4) is 0 Å². The number of carbonyl (C=O) groups excluding carboxylic acids is 1. The summed E-state index contributed by atoms with van der Waals surface area (Å²) in [4.78, 5) is 13.1. The monoisotopic (exact) mass is 563 g/mol. The summed E-state index contributed by atoms with van der Waals surface area (Å²) in [5, 5.41) is 0.933. The number of benzene rings is 2. The van der Waals surface area contributed by atoms with Gasteiger partial charge in [-0.3, -0.25) is 4.18 Å². The van der Waals surface area contributed by atoms with Crippen molar-refractivity contribution in [1.29, 1.82) is 0 Å². The van der Waals surface area contributed by atoms with Crippen LogP contribution in [-0.2, 0) is 27.3 Å². The topological polar surface area (TPSA) is 86.5 Å². The summed E-state index contributed by atoms with van der Waals surface area (Å²) in [5.74, 6) is 0. The summed E-state index contributed by atoms with van der Waals surface area (Å²) in [7, 11) is -3.45. The van der Waals surface area contributed by atoms with Crippen LogP contribution in [0.1, 0.15) is 56.6 Å². The fourth-order valence-corrected chi connectivity index (χ4v) is 5.62. The number of nitrogens with two attached hydrogens (primary N) is 1. The minimum absolute atomic E-state index is 0.133. The molecule has 2 aromatic rings. The Labute approximate surface area is 224 Å². The molecule has 0 heterocycles. The molecule has 0 radical (unpaired) electrons. The van der Waals surface area contributed by atoms with E-state index in [1.165, 1.54) is 5.56 Å². The highest BCUT2D eigenvalue weighted by Crippen LogP contribution is 2.42. The van der Waals surface area contributed by atoms with Crippen LogP contribution in [0, 0.1) is 0 Å². The predicted octanol–water partition coefficient (Wildman–Crippen LogP) is 7.11. The molecular formula is C25H34Cl3N2O4S+. The Kier molecular flexibility index (Phi) is 11.8. The van der Waals surface area contributed by atoms with Gasteiger partial charge in [-0.2, -0.15) is 8.42 Å². The second-order valence-corrected chi connectivity index (χ2v) is 11.7. The van der Waals surface area contributed by atoms with Crippen molar-refractivity contribution in [3.63, 3.8) is 0 Å². The Morgan fingerprint density at radius 1 is 0.943 bits per heavy atom. The number of unbranched alkanes of at least 4 members (excludes halogenated alkanes) is 4. The molecule has 1 atom stereocenters. The van der Waals surface area contributed by atoms with Gasteiger partial charge in [0.25, 0.3) is 10.1 Å². The molecule has 10 heteroatoms. The van der Waals surface area contributed by atoms with Gasteiger partial charge in [0.1, 0.15) is 16.6 Å². The Hall–Kier alpha value is -1.35. The average Bonchev–Trinajstić information content (AvgIpc) is 2.76. The Balaban J connectivity index is 2.27.